The topological polar surface area (TPSA) is 119 Å². The Bertz CT molecular complexity index is 1200. The number of hydrogen-bond donors (Lipinski definition) is 2. The number of fused-ring (bicyclic) bond motifs is 1. The number of aryl methyl sites for hydroxylation is 1. The van der Waals surface area contributed by atoms with Crippen LogP contribution in [0.25, 0.3) is 10.9 Å². The Morgan fingerprint density at radius 2 is 2.10 bits per heavy atom. The Balaban J connectivity index is 1.71. The number of nitrogens with zero attached hydrogens (tertiary/aromatic N) is 4. The van der Waals surface area contributed by atoms with Gasteiger partial charge in [-0.05, 0) is 36.8 Å². The Kier molecular flexibility index (Phi) is 5.54. The number of hydrogen-bond acceptors (Lipinski definition) is 9. The summed E-state index contributed by atoms with van der Waals surface area (Å²) in [6.07, 6.45) is 5.08. The average molecular weight is 430 g/mol. The zero-order chi connectivity index (χ0) is 21.3. The number of benzene rings is 1. The molecule has 1 saturated heterocycles. The Morgan fingerprint density at radius 3 is 2.83 bits per heavy atom. The molecular formula is C20H23N5O4S. The van der Waals surface area contributed by atoms with Crippen molar-refractivity contribution in [3.05, 3.63) is 42.4 Å². The zero-order valence-corrected chi connectivity index (χ0v) is 17.7. The Labute approximate surface area is 174 Å². The molecule has 1 aromatic carbocycles. The van der Waals surface area contributed by atoms with Crippen molar-refractivity contribution in [2.24, 2.45) is 4.36 Å². The minimum atomic E-state index is -2.28. The molecule has 2 N–H and O–H groups in total. The van der Waals surface area contributed by atoms with Gasteiger partial charge in [0.05, 0.1) is 24.4 Å². The van der Waals surface area contributed by atoms with E-state index in [4.69, 9.17) is 9.47 Å². The van der Waals surface area contributed by atoms with Crippen molar-refractivity contribution in [1.82, 2.24) is 15.0 Å². The van der Waals surface area contributed by atoms with Gasteiger partial charge in [-0.3, -0.25) is 0 Å². The fraction of sp³-hybridized carbons (Fsp3) is 0.350. The summed E-state index contributed by atoms with van der Waals surface area (Å²) >= 11 is 0. The fourth-order valence-electron chi connectivity index (χ4n) is 3.26. The molecule has 2 atom stereocenters. The highest BCUT2D eigenvalue weighted by molar-refractivity contribution is 7.92. The molecule has 10 heteroatoms. The lowest BCUT2D eigenvalue weighted by atomic mass is 10.1. The second-order valence-corrected chi connectivity index (χ2v) is 9.94. The van der Waals surface area contributed by atoms with E-state index in [0.29, 0.717) is 35.2 Å². The first kappa shape index (κ1) is 20.5. The lowest BCUT2D eigenvalue weighted by Gasteiger charge is -2.18. The summed E-state index contributed by atoms with van der Waals surface area (Å²) < 4.78 is 27.4. The van der Waals surface area contributed by atoms with E-state index < -0.39 is 21.9 Å². The zero-order valence-electron chi connectivity index (χ0n) is 16.9. The number of nitrogens with one attached hydrogen (secondary N) is 1. The van der Waals surface area contributed by atoms with E-state index in [2.05, 4.69) is 24.6 Å². The van der Waals surface area contributed by atoms with Crippen LogP contribution in [0.4, 0.5) is 17.2 Å². The van der Waals surface area contributed by atoms with Crippen molar-refractivity contribution >= 4 is 37.8 Å². The predicted octanol–water partition coefficient (Wildman–Crippen LogP) is 2.57. The van der Waals surface area contributed by atoms with Gasteiger partial charge in [-0.15, -0.1) is 0 Å². The van der Waals surface area contributed by atoms with Crippen LogP contribution in [0.5, 0.6) is 5.88 Å². The van der Waals surface area contributed by atoms with Crippen molar-refractivity contribution in [2.75, 3.05) is 31.0 Å². The second kappa shape index (κ2) is 8.13. The summed E-state index contributed by atoms with van der Waals surface area (Å²) in [7, 11) is -2.28. The third kappa shape index (κ3) is 4.50. The van der Waals surface area contributed by atoms with Crippen LogP contribution >= 0.6 is 0 Å². The van der Waals surface area contributed by atoms with Crippen molar-refractivity contribution < 1.29 is 18.8 Å². The summed E-state index contributed by atoms with van der Waals surface area (Å²) in [6, 6.07) is 7.25. The van der Waals surface area contributed by atoms with E-state index in [1.807, 2.05) is 19.1 Å². The second-order valence-electron chi connectivity index (χ2n) is 7.39. The first-order valence-electron chi connectivity index (χ1n) is 9.37. The van der Waals surface area contributed by atoms with Gasteiger partial charge in [-0.1, -0.05) is 0 Å². The smallest absolute Gasteiger partial charge is 0.238 e. The first-order chi connectivity index (χ1) is 14.3. The van der Waals surface area contributed by atoms with Gasteiger partial charge in [-0.25, -0.2) is 19.2 Å². The van der Waals surface area contributed by atoms with Gasteiger partial charge in [0.15, 0.2) is 6.10 Å². The molecule has 4 rings (SSSR count). The molecule has 158 valence electrons. The van der Waals surface area contributed by atoms with Gasteiger partial charge < -0.3 is 19.9 Å². The molecule has 0 unspecified atom stereocenters. The van der Waals surface area contributed by atoms with Crippen LogP contribution in [0, 0.1) is 6.92 Å². The van der Waals surface area contributed by atoms with Crippen LogP contribution in [0.1, 0.15) is 5.56 Å². The monoisotopic (exact) mass is 429 g/mol. The van der Waals surface area contributed by atoms with Gasteiger partial charge >= 0.3 is 0 Å². The Morgan fingerprint density at radius 1 is 1.27 bits per heavy atom. The number of pyridine rings is 1. The number of aliphatic hydroxyl groups is 1. The molecule has 0 amide bonds. The molecule has 0 bridgehead atoms. The van der Waals surface area contributed by atoms with E-state index in [1.165, 1.54) is 6.33 Å². The number of aliphatic hydroxyl groups excluding tert-OH is 1. The van der Waals surface area contributed by atoms with Gasteiger partial charge in [0, 0.05) is 33.8 Å². The van der Waals surface area contributed by atoms with Crippen LogP contribution < -0.4 is 10.1 Å². The number of anilines is 2. The molecule has 1 fully saturated rings. The summed E-state index contributed by atoms with van der Waals surface area (Å²) in [5.74, 6) is 0.929. The summed E-state index contributed by atoms with van der Waals surface area (Å²) in [4.78, 5) is 13.0. The first-order valence-corrected chi connectivity index (χ1v) is 11.7. The third-order valence-electron chi connectivity index (χ3n) is 4.53. The lowest BCUT2D eigenvalue weighted by molar-refractivity contribution is 0.0709. The van der Waals surface area contributed by atoms with Crippen molar-refractivity contribution in [3.8, 4) is 5.88 Å². The molecule has 30 heavy (non-hydrogen) atoms. The minimum Gasteiger partial charge on any atom is -0.468 e. The summed E-state index contributed by atoms with van der Waals surface area (Å²) in [5.41, 5.74) is 2.79. The van der Waals surface area contributed by atoms with Gasteiger partial charge in [-0.2, -0.15) is 4.36 Å². The number of ether oxygens (including phenoxy) is 2. The van der Waals surface area contributed by atoms with E-state index in [-0.39, 0.29) is 6.61 Å². The highest BCUT2D eigenvalue weighted by atomic mass is 32.2. The maximum absolute atomic E-state index is 12.1. The number of rotatable bonds is 5. The molecule has 0 aliphatic carbocycles. The quantitative estimate of drug-likeness (QED) is 0.635. The molecule has 3 aromatic rings. The van der Waals surface area contributed by atoms with Crippen molar-refractivity contribution in [1.29, 1.82) is 0 Å². The molecule has 1 aliphatic rings. The third-order valence-corrected chi connectivity index (χ3v) is 5.18. The maximum Gasteiger partial charge on any atom is 0.238 e. The summed E-state index contributed by atoms with van der Waals surface area (Å²) in [5, 5.41) is 14.0. The van der Waals surface area contributed by atoms with Gasteiger partial charge in [0.25, 0.3) is 0 Å². The standard InChI is InChI=1S/C20H23N5O4S/c1-12-7-13(25-30(2,3)27)8-15-18(12)19(23-11-22-15)24-14-5-4-6-21-20(14)29-17-10-28-9-16(17)26/h4-8,11,16-17,26H,9-10H2,1-3H3,(H,22,23,24)/t16-,17-/m1/s1. The normalized spacial score (nSPS) is 19.1. The molecule has 3 heterocycles. The van der Waals surface area contributed by atoms with Gasteiger partial charge in [0.1, 0.15) is 23.9 Å². The lowest BCUT2D eigenvalue weighted by Crippen LogP contribution is -2.30. The molecule has 0 spiro atoms. The molecule has 2 aromatic heterocycles. The van der Waals surface area contributed by atoms with Crippen LogP contribution in [0.3, 0.4) is 0 Å². The highest BCUT2D eigenvalue weighted by Crippen LogP contribution is 2.33. The summed E-state index contributed by atoms with van der Waals surface area (Å²) in [6.45, 7) is 2.47. The van der Waals surface area contributed by atoms with Crippen LogP contribution in [0.15, 0.2) is 41.2 Å². The van der Waals surface area contributed by atoms with Crippen LogP contribution in [0.2, 0.25) is 0 Å². The van der Waals surface area contributed by atoms with E-state index >= 15 is 0 Å². The van der Waals surface area contributed by atoms with Gasteiger partial charge in [0.2, 0.25) is 5.88 Å². The van der Waals surface area contributed by atoms with Crippen LogP contribution in [-0.4, -0.2) is 62.2 Å². The maximum atomic E-state index is 12.1. The molecule has 1 aliphatic heterocycles. The fourth-order valence-corrected chi connectivity index (χ4v) is 3.87. The van der Waals surface area contributed by atoms with E-state index in [9.17, 15) is 9.32 Å². The molecule has 9 nitrogen and oxygen atoms in total. The SMILES string of the molecule is Cc1cc(N=S(C)(C)=O)cc2ncnc(Nc3cccnc3O[C@@H]3COC[C@H]3O)c12. The largest absolute Gasteiger partial charge is 0.468 e. The van der Waals surface area contributed by atoms with Crippen molar-refractivity contribution in [2.45, 2.75) is 19.1 Å². The average Bonchev–Trinajstić information content (AvgIpc) is 3.06. The molecular weight excluding hydrogens is 406 g/mol. The van der Waals surface area contributed by atoms with Crippen LogP contribution in [-0.2, 0) is 14.5 Å². The van der Waals surface area contributed by atoms with E-state index in [0.717, 1.165) is 10.9 Å². The predicted molar refractivity (Wildman–Crippen MR) is 115 cm³/mol. The molecule has 0 radical (unpaired) electrons. The minimum absolute atomic E-state index is 0.241. The number of aromatic nitrogens is 3. The van der Waals surface area contributed by atoms with Crippen molar-refractivity contribution in [3.63, 3.8) is 0 Å². The molecule has 0 saturated carbocycles. The Hall–Kier alpha value is -2.82. The highest BCUT2D eigenvalue weighted by Gasteiger charge is 2.29. The van der Waals surface area contributed by atoms with E-state index in [1.54, 1.807) is 30.8 Å².